The molecule has 0 saturated heterocycles. The van der Waals surface area contributed by atoms with E-state index in [1.54, 1.807) is 0 Å². The van der Waals surface area contributed by atoms with Gasteiger partial charge >= 0.3 is 0 Å². The first-order valence-electron chi connectivity index (χ1n) is 4.31. The zero-order valence-electron chi connectivity index (χ0n) is 8.47. The van der Waals surface area contributed by atoms with Gasteiger partial charge in [-0.2, -0.15) is 0 Å². The molecule has 1 unspecified atom stereocenters. The van der Waals surface area contributed by atoms with Gasteiger partial charge in [-0.25, -0.2) is 8.78 Å². The number of amides is 1. The minimum absolute atomic E-state index is 0.150. The fourth-order valence-corrected chi connectivity index (χ4v) is 1.18. The third-order valence-corrected chi connectivity index (χ3v) is 2.32. The van der Waals surface area contributed by atoms with Gasteiger partial charge in [-0.15, -0.1) is 0 Å². The summed E-state index contributed by atoms with van der Waals surface area (Å²) >= 11 is 0. The number of primary amides is 1. The predicted octanol–water partition coefficient (Wildman–Crippen LogP) is 0.932. The number of halogens is 2. The number of benzene rings is 1. The van der Waals surface area contributed by atoms with Crippen LogP contribution in [-0.4, -0.2) is 5.91 Å². The van der Waals surface area contributed by atoms with Crippen molar-refractivity contribution >= 4 is 5.91 Å². The summed E-state index contributed by atoms with van der Waals surface area (Å²) in [5.74, 6) is -2.27. The molecule has 1 aromatic rings. The van der Waals surface area contributed by atoms with E-state index in [0.29, 0.717) is 0 Å². The molecule has 15 heavy (non-hydrogen) atoms. The number of carbonyl (C=O) groups is 1. The number of nitrogens with two attached hydrogens (primary N) is 2. The molecule has 0 fully saturated rings. The molecule has 1 atom stereocenters. The maximum atomic E-state index is 13.4. The van der Waals surface area contributed by atoms with Crippen LogP contribution < -0.4 is 11.5 Å². The van der Waals surface area contributed by atoms with Crippen LogP contribution in [0.2, 0.25) is 0 Å². The van der Waals surface area contributed by atoms with E-state index in [4.69, 9.17) is 11.5 Å². The summed E-state index contributed by atoms with van der Waals surface area (Å²) in [7, 11) is 0. The molecule has 0 heterocycles. The monoisotopic (exact) mass is 214 g/mol. The number of hydrogen-bond acceptors (Lipinski definition) is 2. The Hall–Kier alpha value is -1.49. The molecule has 5 heteroatoms. The van der Waals surface area contributed by atoms with Crippen LogP contribution in [0.1, 0.15) is 18.1 Å². The van der Waals surface area contributed by atoms with Crippen molar-refractivity contribution in [3.05, 3.63) is 34.9 Å². The Bertz CT molecular complexity index is 416. The summed E-state index contributed by atoms with van der Waals surface area (Å²) in [6, 6.07) is 1.88. The maximum Gasteiger partial charge on any atom is 0.241 e. The molecule has 1 rings (SSSR count). The summed E-state index contributed by atoms with van der Waals surface area (Å²) in [4.78, 5) is 11.0. The van der Waals surface area contributed by atoms with E-state index >= 15 is 0 Å². The molecule has 0 bridgehead atoms. The Morgan fingerprint density at radius 2 is 1.87 bits per heavy atom. The molecule has 0 spiro atoms. The smallest absolute Gasteiger partial charge is 0.241 e. The first-order valence-corrected chi connectivity index (χ1v) is 4.31. The van der Waals surface area contributed by atoms with Crippen LogP contribution in [0.5, 0.6) is 0 Å². The number of hydrogen-bond donors (Lipinski definition) is 2. The van der Waals surface area contributed by atoms with E-state index in [1.165, 1.54) is 13.8 Å². The molecule has 1 amide bonds. The maximum absolute atomic E-state index is 13.4. The van der Waals surface area contributed by atoms with Gasteiger partial charge in [-0.3, -0.25) is 4.79 Å². The first kappa shape index (κ1) is 11.6. The van der Waals surface area contributed by atoms with Gasteiger partial charge in [0.2, 0.25) is 5.91 Å². The van der Waals surface area contributed by atoms with Crippen molar-refractivity contribution in [2.75, 3.05) is 0 Å². The van der Waals surface area contributed by atoms with Crippen LogP contribution in [0.15, 0.2) is 12.1 Å². The fourth-order valence-electron chi connectivity index (χ4n) is 1.18. The Morgan fingerprint density at radius 3 is 2.33 bits per heavy atom. The summed E-state index contributed by atoms with van der Waals surface area (Å²) in [6.45, 7) is 2.66. The lowest BCUT2D eigenvalue weighted by Crippen LogP contribution is -2.47. The highest BCUT2D eigenvalue weighted by atomic mass is 19.1. The van der Waals surface area contributed by atoms with Gasteiger partial charge in [-0.05, 0) is 31.5 Å². The van der Waals surface area contributed by atoms with E-state index in [2.05, 4.69) is 0 Å². The molecule has 0 aliphatic rings. The first-order chi connectivity index (χ1) is 6.76. The predicted molar refractivity (Wildman–Crippen MR) is 51.8 cm³/mol. The Labute approximate surface area is 86.1 Å². The van der Waals surface area contributed by atoms with Crippen molar-refractivity contribution in [3.63, 3.8) is 0 Å². The second-order valence-electron chi connectivity index (χ2n) is 3.65. The van der Waals surface area contributed by atoms with Gasteiger partial charge in [0.25, 0.3) is 0 Å². The van der Waals surface area contributed by atoms with E-state index in [1.807, 2.05) is 0 Å². The van der Waals surface area contributed by atoms with Crippen molar-refractivity contribution in [1.82, 2.24) is 0 Å². The molecule has 0 aromatic heterocycles. The zero-order chi connectivity index (χ0) is 11.8. The van der Waals surface area contributed by atoms with Gasteiger partial charge < -0.3 is 11.5 Å². The zero-order valence-corrected chi connectivity index (χ0v) is 8.47. The molecular formula is C10H12F2N2O. The van der Waals surface area contributed by atoms with Crippen molar-refractivity contribution < 1.29 is 13.6 Å². The summed E-state index contributed by atoms with van der Waals surface area (Å²) in [6.07, 6.45) is 0. The largest absolute Gasteiger partial charge is 0.368 e. The van der Waals surface area contributed by atoms with Crippen LogP contribution in [0.3, 0.4) is 0 Å². The average molecular weight is 214 g/mol. The lowest BCUT2D eigenvalue weighted by molar-refractivity contribution is -0.122. The van der Waals surface area contributed by atoms with Gasteiger partial charge in [0, 0.05) is 5.56 Å². The highest BCUT2D eigenvalue weighted by Crippen LogP contribution is 2.23. The molecule has 0 radical (unpaired) electrons. The molecule has 0 aliphatic carbocycles. The van der Waals surface area contributed by atoms with Crippen molar-refractivity contribution in [2.24, 2.45) is 11.5 Å². The quantitative estimate of drug-likeness (QED) is 0.769. The molecule has 4 N–H and O–H groups in total. The van der Waals surface area contributed by atoms with Gasteiger partial charge in [0.15, 0.2) is 0 Å². The van der Waals surface area contributed by atoms with Crippen LogP contribution in [0, 0.1) is 18.6 Å². The third-order valence-electron chi connectivity index (χ3n) is 2.32. The van der Waals surface area contributed by atoms with Crippen molar-refractivity contribution in [2.45, 2.75) is 19.4 Å². The topological polar surface area (TPSA) is 69.1 Å². The Morgan fingerprint density at radius 1 is 1.33 bits per heavy atom. The minimum Gasteiger partial charge on any atom is -0.368 e. The van der Waals surface area contributed by atoms with Crippen molar-refractivity contribution in [1.29, 1.82) is 0 Å². The van der Waals surface area contributed by atoms with E-state index < -0.39 is 23.1 Å². The molecule has 1 aromatic carbocycles. The van der Waals surface area contributed by atoms with Crippen LogP contribution in [0.4, 0.5) is 8.78 Å². The van der Waals surface area contributed by atoms with Crippen LogP contribution in [-0.2, 0) is 10.3 Å². The molecule has 82 valence electrons. The van der Waals surface area contributed by atoms with E-state index in [9.17, 15) is 13.6 Å². The van der Waals surface area contributed by atoms with Gasteiger partial charge in [-0.1, -0.05) is 0 Å². The second kappa shape index (κ2) is 3.58. The molecule has 0 saturated carbocycles. The van der Waals surface area contributed by atoms with Crippen molar-refractivity contribution in [3.8, 4) is 0 Å². The van der Waals surface area contributed by atoms with Crippen LogP contribution in [0.25, 0.3) is 0 Å². The molecule has 3 nitrogen and oxygen atoms in total. The van der Waals surface area contributed by atoms with Gasteiger partial charge in [0.1, 0.15) is 17.2 Å². The SMILES string of the molecule is Cc1cc(F)c(C(C)(N)C(N)=O)cc1F. The minimum atomic E-state index is -1.71. The van der Waals surface area contributed by atoms with Crippen LogP contribution >= 0.6 is 0 Å². The fraction of sp³-hybridized carbons (Fsp3) is 0.300. The highest BCUT2D eigenvalue weighted by molar-refractivity contribution is 5.85. The standard InChI is InChI=1S/C10H12F2N2O/c1-5-3-8(12)6(4-7(5)11)10(2,14)9(13)15/h3-4H,14H2,1-2H3,(H2,13,15). The second-order valence-corrected chi connectivity index (χ2v) is 3.65. The average Bonchev–Trinajstić information content (AvgIpc) is 2.10. The summed E-state index contributed by atoms with van der Waals surface area (Å²) in [5, 5.41) is 0. The summed E-state index contributed by atoms with van der Waals surface area (Å²) in [5.41, 5.74) is 8.73. The molecule has 0 aliphatic heterocycles. The highest BCUT2D eigenvalue weighted by Gasteiger charge is 2.31. The van der Waals surface area contributed by atoms with E-state index in [0.717, 1.165) is 12.1 Å². The van der Waals surface area contributed by atoms with E-state index in [-0.39, 0.29) is 11.1 Å². The Kier molecular flexibility index (Phi) is 2.77. The lowest BCUT2D eigenvalue weighted by atomic mass is 9.91. The molecular weight excluding hydrogens is 202 g/mol. The number of carbonyl (C=O) groups excluding carboxylic acids is 1. The van der Waals surface area contributed by atoms with Gasteiger partial charge in [0.05, 0.1) is 0 Å². The summed E-state index contributed by atoms with van der Waals surface area (Å²) < 4.78 is 26.6. The normalized spacial score (nSPS) is 14.7. The number of rotatable bonds is 2. The third kappa shape index (κ3) is 1.97. The lowest BCUT2D eigenvalue weighted by Gasteiger charge is -2.21. The Balaban J connectivity index is 3.38. The number of aryl methyl sites for hydroxylation is 1.